The molecule has 22 heavy (non-hydrogen) atoms. The highest BCUT2D eigenvalue weighted by Gasteiger charge is 2.19. The van der Waals surface area contributed by atoms with Crippen LogP contribution in [0.25, 0.3) is 10.7 Å². The van der Waals surface area contributed by atoms with E-state index in [1.165, 1.54) is 17.0 Å². The molecule has 0 aliphatic carbocycles. The van der Waals surface area contributed by atoms with Crippen LogP contribution in [0.1, 0.15) is 22.0 Å². The average molecular weight is 328 g/mol. The van der Waals surface area contributed by atoms with Crippen LogP contribution in [0.2, 0.25) is 0 Å². The number of aryl methyl sites for hydroxylation is 1. The van der Waals surface area contributed by atoms with Gasteiger partial charge >= 0.3 is 0 Å². The summed E-state index contributed by atoms with van der Waals surface area (Å²) in [6, 6.07) is 4.12. The molecule has 1 aliphatic rings. The van der Waals surface area contributed by atoms with Crippen molar-refractivity contribution in [1.29, 1.82) is 0 Å². The van der Waals surface area contributed by atoms with Crippen LogP contribution in [0.3, 0.4) is 0 Å². The molecule has 3 aromatic heterocycles. The molecule has 0 spiro atoms. The van der Waals surface area contributed by atoms with Crippen LogP contribution in [0.4, 0.5) is 0 Å². The van der Waals surface area contributed by atoms with Crippen molar-refractivity contribution in [2.75, 3.05) is 6.54 Å². The zero-order chi connectivity index (χ0) is 14.9. The highest BCUT2D eigenvalue weighted by molar-refractivity contribution is 7.13. The Morgan fingerprint density at radius 1 is 1.27 bits per heavy atom. The Bertz CT molecular complexity index is 779. The van der Waals surface area contributed by atoms with Gasteiger partial charge in [-0.1, -0.05) is 6.07 Å². The predicted octanol–water partition coefficient (Wildman–Crippen LogP) is 3.53. The lowest BCUT2D eigenvalue weighted by atomic mass is 10.1. The van der Waals surface area contributed by atoms with E-state index in [0.29, 0.717) is 0 Å². The minimum atomic E-state index is 0.859. The van der Waals surface area contributed by atoms with Crippen molar-refractivity contribution in [3.63, 3.8) is 0 Å². The minimum Gasteiger partial charge on any atom is -0.293 e. The number of aromatic nitrogens is 3. The Morgan fingerprint density at radius 3 is 3.00 bits per heavy atom. The van der Waals surface area contributed by atoms with Crippen LogP contribution in [0, 0.1) is 6.92 Å². The molecule has 0 aromatic carbocycles. The van der Waals surface area contributed by atoms with E-state index < -0.39 is 0 Å². The number of nitrogens with zero attached hydrogens (tertiary/aromatic N) is 4. The Hall–Kier alpha value is -1.63. The van der Waals surface area contributed by atoms with Crippen molar-refractivity contribution < 1.29 is 0 Å². The number of fused-ring (bicyclic) bond motifs is 1. The maximum Gasteiger partial charge on any atom is 0.169 e. The van der Waals surface area contributed by atoms with Gasteiger partial charge in [0.2, 0.25) is 0 Å². The van der Waals surface area contributed by atoms with Crippen molar-refractivity contribution in [3.05, 3.63) is 51.0 Å². The molecular formula is C16H16N4S2. The van der Waals surface area contributed by atoms with E-state index in [2.05, 4.69) is 38.6 Å². The molecule has 3 aromatic rings. The Kier molecular flexibility index (Phi) is 3.73. The van der Waals surface area contributed by atoms with E-state index in [1.807, 2.05) is 12.3 Å². The lowest BCUT2D eigenvalue weighted by Gasteiger charge is -2.27. The van der Waals surface area contributed by atoms with E-state index in [0.717, 1.165) is 41.8 Å². The summed E-state index contributed by atoms with van der Waals surface area (Å²) in [5.41, 5.74) is 3.62. The maximum atomic E-state index is 4.76. The molecule has 0 saturated carbocycles. The fraction of sp³-hybridized carbons (Fsp3) is 0.312. The fourth-order valence-corrected chi connectivity index (χ4v) is 4.01. The summed E-state index contributed by atoms with van der Waals surface area (Å²) in [5, 5.41) is 5.35. The van der Waals surface area contributed by atoms with Crippen LogP contribution in [0.15, 0.2) is 29.1 Å². The molecule has 4 rings (SSSR count). The van der Waals surface area contributed by atoms with Crippen LogP contribution >= 0.6 is 22.7 Å². The third kappa shape index (κ3) is 2.82. The summed E-state index contributed by atoms with van der Waals surface area (Å²) < 4.78 is 0. The average Bonchev–Trinajstić information content (AvgIpc) is 3.19. The van der Waals surface area contributed by atoms with Gasteiger partial charge in [0.1, 0.15) is 0 Å². The maximum absolute atomic E-state index is 4.76. The quantitative estimate of drug-likeness (QED) is 0.737. The first-order valence-corrected chi connectivity index (χ1v) is 9.06. The van der Waals surface area contributed by atoms with Crippen molar-refractivity contribution in [2.45, 2.75) is 26.4 Å². The monoisotopic (exact) mass is 328 g/mol. The van der Waals surface area contributed by atoms with Crippen LogP contribution in [-0.2, 0) is 19.5 Å². The molecule has 0 radical (unpaired) electrons. The molecule has 0 fully saturated rings. The van der Waals surface area contributed by atoms with Gasteiger partial charge in [-0.2, -0.15) is 0 Å². The number of hydrogen-bond donors (Lipinski definition) is 0. The second kappa shape index (κ2) is 5.87. The normalized spacial score (nSPS) is 15.0. The van der Waals surface area contributed by atoms with Gasteiger partial charge in [-0.3, -0.25) is 4.90 Å². The number of thiophene rings is 1. The molecule has 0 atom stereocenters. The summed E-state index contributed by atoms with van der Waals surface area (Å²) in [5.74, 6) is 0.859. The van der Waals surface area contributed by atoms with Gasteiger partial charge in [0.15, 0.2) is 5.82 Å². The Balaban J connectivity index is 1.52. The molecule has 6 heteroatoms. The molecule has 0 amide bonds. The molecule has 0 saturated heterocycles. The summed E-state index contributed by atoms with van der Waals surface area (Å²) >= 11 is 3.41. The number of rotatable bonds is 3. The zero-order valence-electron chi connectivity index (χ0n) is 12.3. The smallest absolute Gasteiger partial charge is 0.169 e. The number of hydrogen-bond acceptors (Lipinski definition) is 6. The van der Waals surface area contributed by atoms with Crippen molar-refractivity contribution in [3.8, 4) is 10.7 Å². The topological polar surface area (TPSA) is 41.9 Å². The summed E-state index contributed by atoms with van der Waals surface area (Å²) in [7, 11) is 0. The minimum absolute atomic E-state index is 0.859. The van der Waals surface area contributed by atoms with Gasteiger partial charge in [0, 0.05) is 43.2 Å². The summed E-state index contributed by atoms with van der Waals surface area (Å²) in [6.45, 7) is 4.91. The highest BCUT2D eigenvalue weighted by Crippen LogP contribution is 2.24. The van der Waals surface area contributed by atoms with Gasteiger partial charge in [-0.25, -0.2) is 15.0 Å². The number of thiazole rings is 1. The predicted molar refractivity (Wildman–Crippen MR) is 90.0 cm³/mol. The van der Waals surface area contributed by atoms with Gasteiger partial charge in [-0.05, 0) is 18.4 Å². The van der Waals surface area contributed by atoms with Crippen molar-refractivity contribution in [1.82, 2.24) is 19.9 Å². The van der Waals surface area contributed by atoms with Crippen LogP contribution in [0.5, 0.6) is 0 Å². The highest BCUT2D eigenvalue weighted by atomic mass is 32.1. The Labute approximate surface area is 137 Å². The molecule has 1 aliphatic heterocycles. The largest absolute Gasteiger partial charge is 0.293 e. The van der Waals surface area contributed by atoms with E-state index in [1.54, 1.807) is 22.7 Å². The Morgan fingerprint density at radius 2 is 2.23 bits per heavy atom. The third-order valence-corrected chi connectivity index (χ3v) is 5.49. The lowest BCUT2D eigenvalue weighted by molar-refractivity contribution is 0.240. The lowest BCUT2D eigenvalue weighted by Crippen LogP contribution is -2.31. The zero-order valence-corrected chi connectivity index (χ0v) is 14.0. The van der Waals surface area contributed by atoms with Gasteiger partial charge < -0.3 is 0 Å². The van der Waals surface area contributed by atoms with E-state index in [4.69, 9.17) is 4.98 Å². The molecule has 4 heterocycles. The summed E-state index contributed by atoms with van der Waals surface area (Å²) in [6.07, 6.45) is 2.98. The van der Waals surface area contributed by atoms with E-state index in [9.17, 15) is 0 Å². The fourth-order valence-electron chi connectivity index (χ4n) is 2.74. The third-order valence-electron chi connectivity index (χ3n) is 3.81. The van der Waals surface area contributed by atoms with Crippen LogP contribution < -0.4 is 0 Å². The van der Waals surface area contributed by atoms with E-state index >= 15 is 0 Å². The SMILES string of the molecule is Cc1nc(CN2CCc3nc(-c4cccs4)ncc3C2)cs1. The standard InChI is InChI=1S/C16H16N4S2/c1-11-18-13(10-22-11)9-20-5-4-14-12(8-20)7-17-16(19-14)15-3-2-6-21-15/h2-3,6-7,10H,4-5,8-9H2,1H3. The first-order chi connectivity index (χ1) is 10.8. The first kappa shape index (κ1) is 14.0. The molecule has 0 bridgehead atoms. The van der Waals surface area contributed by atoms with Gasteiger partial charge in [0.05, 0.1) is 21.3 Å². The van der Waals surface area contributed by atoms with Gasteiger partial charge in [0.25, 0.3) is 0 Å². The van der Waals surface area contributed by atoms with Crippen LogP contribution in [-0.4, -0.2) is 26.4 Å². The molecule has 0 N–H and O–H groups in total. The second-order valence-corrected chi connectivity index (χ2v) is 7.47. The van der Waals surface area contributed by atoms with Gasteiger partial charge in [-0.15, -0.1) is 22.7 Å². The summed E-state index contributed by atoms with van der Waals surface area (Å²) in [4.78, 5) is 17.4. The molecule has 112 valence electrons. The molecular weight excluding hydrogens is 312 g/mol. The molecule has 0 unspecified atom stereocenters. The van der Waals surface area contributed by atoms with E-state index in [-0.39, 0.29) is 0 Å². The molecule has 4 nitrogen and oxygen atoms in total. The first-order valence-electron chi connectivity index (χ1n) is 7.30. The van der Waals surface area contributed by atoms with Crippen molar-refractivity contribution in [2.24, 2.45) is 0 Å². The second-order valence-electron chi connectivity index (χ2n) is 5.46. The van der Waals surface area contributed by atoms with Crippen molar-refractivity contribution >= 4 is 22.7 Å².